The Hall–Kier alpha value is -0.650. The molecule has 0 aromatic heterocycles. The van der Waals surface area contributed by atoms with E-state index in [4.69, 9.17) is 4.74 Å². The summed E-state index contributed by atoms with van der Waals surface area (Å²) in [6, 6.07) is 0.592. The molecule has 3 heterocycles. The molecule has 0 radical (unpaired) electrons. The Balaban J connectivity index is 1.51. The van der Waals surface area contributed by atoms with Crippen LogP contribution in [-0.4, -0.2) is 73.7 Å². The van der Waals surface area contributed by atoms with Crippen molar-refractivity contribution in [3.63, 3.8) is 0 Å². The van der Waals surface area contributed by atoms with Gasteiger partial charge in [-0.15, -0.1) is 0 Å². The van der Waals surface area contributed by atoms with E-state index < -0.39 is 0 Å². The van der Waals surface area contributed by atoms with E-state index in [1.807, 2.05) is 0 Å². The minimum Gasteiger partial charge on any atom is -0.378 e. The summed E-state index contributed by atoms with van der Waals surface area (Å²) in [5.74, 6) is 0.888. The maximum atomic E-state index is 12.6. The molecule has 3 saturated heterocycles. The summed E-state index contributed by atoms with van der Waals surface area (Å²) >= 11 is 0. The highest BCUT2D eigenvalue weighted by atomic mass is 16.5. The standard InChI is InChI=1S/C17H31N3O2/c1-14-5-2-3-8-19(14)11-15-6-4-9-20(12-15)17(21)16-13-22-10-7-18-16/h14-16,18H,2-13H2,1H3/t14-,15-,16-/m1/s1. The highest BCUT2D eigenvalue weighted by Gasteiger charge is 2.31. The second-order valence-corrected chi connectivity index (χ2v) is 7.21. The Morgan fingerprint density at radius 3 is 2.91 bits per heavy atom. The number of rotatable bonds is 3. The summed E-state index contributed by atoms with van der Waals surface area (Å²) < 4.78 is 5.44. The summed E-state index contributed by atoms with van der Waals surface area (Å²) in [4.78, 5) is 17.3. The molecule has 0 spiro atoms. The molecule has 0 aromatic rings. The molecule has 5 heteroatoms. The predicted molar refractivity (Wildman–Crippen MR) is 86.8 cm³/mol. The normalized spacial score (nSPS) is 34.6. The van der Waals surface area contributed by atoms with Crippen LogP contribution in [0.15, 0.2) is 0 Å². The van der Waals surface area contributed by atoms with Crippen molar-refractivity contribution >= 4 is 5.91 Å². The van der Waals surface area contributed by atoms with Crippen molar-refractivity contribution in [1.82, 2.24) is 15.1 Å². The highest BCUT2D eigenvalue weighted by Crippen LogP contribution is 2.23. The highest BCUT2D eigenvalue weighted by molar-refractivity contribution is 5.82. The van der Waals surface area contributed by atoms with Crippen LogP contribution >= 0.6 is 0 Å². The van der Waals surface area contributed by atoms with Gasteiger partial charge in [-0.1, -0.05) is 6.42 Å². The lowest BCUT2D eigenvalue weighted by molar-refractivity contribution is -0.138. The molecule has 3 rings (SSSR count). The SMILES string of the molecule is C[C@@H]1CCCCN1C[C@H]1CCCN(C(=O)[C@H]2COCCN2)C1. The summed E-state index contributed by atoms with van der Waals surface area (Å²) in [6.45, 7) is 8.65. The number of hydrogen-bond donors (Lipinski definition) is 1. The van der Waals surface area contributed by atoms with Crippen molar-refractivity contribution in [1.29, 1.82) is 0 Å². The van der Waals surface area contributed by atoms with Gasteiger partial charge in [-0.05, 0) is 45.1 Å². The predicted octanol–water partition coefficient (Wildman–Crippen LogP) is 1.09. The minimum atomic E-state index is -0.124. The van der Waals surface area contributed by atoms with Gasteiger partial charge in [0.25, 0.3) is 0 Å². The first-order valence-corrected chi connectivity index (χ1v) is 9.08. The summed E-state index contributed by atoms with van der Waals surface area (Å²) in [5, 5.41) is 3.29. The lowest BCUT2D eigenvalue weighted by atomic mass is 9.94. The summed E-state index contributed by atoms with van der Waals surface area (Å²) in [6.07, 6.45) is 6.45. The Labute approximate surface area is 134 Å². The van der Waals surface area contributed by atoms with Gasteiger partial charge >= 0.3 is 0 Å². The molecule has 126 valence electrons. The van der Waals surface area contributed by atoms with Crippen molar-refractivity contribution in [3.8, 4) is 0 Å². The van der Waals surface area contributed by atoms with Crippen LogP contribution in [0.25, 0.3) is 0 Å². The average molecular weight is 309 g/mol. The van der Waals surface area contributed by atoms with Crippen LogP contribution in [0.3, 0.4) is 0 Å². The van der Waals surface area contributed by atoms with Crippen LogP contribution in [0, 0.1) is 5.92 Å². The smallest absolute Gasteiger partial charge is 0.242 e. The van der Waals surface area contributed by atoms with E-state index in [2.05, 4.69) is 22.0 Å². The second-order valence-electron chi connectivity index (χ2n) is 7.21. The van der Waals surface area contributed by atoms with Gasteiger partial charge in [0.05, 0.1) is 13.2 Å². The zero-order chi connectivity index (χ0) is 15.4. The molecular formula is C17H31N3O2. The van der Waals surface area contributed by atoms with Gasteiger partial charge in [-0.3, -0.25) is 4.79 Å². The number of carbonyl (C=O) groups excluding carboxylic acids is 1. The molecule has 5 nitrogen and oxygen atoms in total. The van der Waals surface area contributed by atoms with Gasteiger partial charge in [-0.2, -0.15) is 0 Å². The molecule has 0 unspecified atom stereocenters. The van der Waals surface area contributed by atoms with E-state index in [9.17, 15) is 4.79 Å². The minimum absolute atomic E-state index is 0.124. The molecule has 3 aliphatic heterocycles. The van der Waals surface area contributed by atoms with Crippen molar-refractivity contribution in [2.24, 2.45) is 5.92 Å². The Morgan fingerprint density at radius 2 is 2.14 bits per heavy atom. The van der Waals surface area contributed by atoms with E-state index >= 15 is 0 Å². The monoisotopic (exact) mass is 309 g/mol. The fraction of sp³-hybridized carbons (Fsp3) is 0.941. The first-order valence-electron chi connectivity index (χ1n) is 9.08. The fourth-order valence-corrected chi connectivity index (χ4v) is 4.12. The van der Waals surface area contributed by atoms with Crippen molar-refractivity contribution in [2.45, 2.75) is 51.1 Å². The molecule has 3 fully saturated rings. The molecule has 22 heavy (non-hydrogen) atoms. The largest absolute Gasteiger partial charge is 0.378 e. The molecule has 1 N–H and O–H groups in total. The second kappa shape index (κ2) is 7.75. The van der Waals surface area contributed by atoms with E-state index in [0.29, 0.717) is 18.6 Å². The Kier molecular flexibility index (Phi) is 5.71. The van der Waals surface area contributed by atoms with Gasteiger partial charge < -0.3 is 19.9 Å². The van der Waals surface area contributed by atoms with E-state index in [1.165, 1.54) is 38.8 Å². The molecule has 3 atom stereocenters. The number of nitrogens with zero attached hydrogens (tertiary/aromatic N) is 2. The van der Waals surface area contributed by atoms with Gasteiger partial charge in [0.1, 0.15) is 6.04 Å². The van der Waals surface area contributed by atoms with Gasteiger partial charge in [-0.25, -0.2) is 0 Å². The maximum Gasteiger partial charge on any atom is 0.242 e. The Bertz CT molecular complexity index is 371. The van der Waals surface area contributed by atoms with Gasteiger partial charge in [0, 0.05) is 32.2 Å². The van der Waals surface area contributed by atoms with Gasteiger partial charge in [0.15, 0.2) is 0 Å². The third-order valence-corrected chi connectivity index (χ3v) is 5.48. The van der Waals surface area contributed by atoms with Crippen LogP contribution in [-0.2, 0) is 9.53 Å². The summed E-state index contributed by atoms with van der Waals surface area (Å²) in [5.41, 5.74) is 0. The number of piperidine rings is 2. The molecule has 0 saturated carbocycles. The third-order valence-electron chi connectivity index (χ3n) is 5.48. The lowest BCUT2D eigenvalue weighted by Crippen LogP contribution is -2.55. The molecule has 3 aliphatic rings. The number of likely N-dealkylation sites (tertiary alicyclic amines) is 2. The molecule has 0 bridgehead atoms. The van der Waals surface area contributed by atoms with Crippen LogP contribution < -0.4 is 5.32 Å². The quantitative estimate of drug-likeness (QED) is 0.847. The average Bonchev–Trinajstić information content (AvgIpc) is 2.57. The van der Waals surface area contributed by atoms with Gasteiger partial charge in [0.2, 0.25) is 5.91 Å². The van der Waals surface area contributed by atoms with Crippen molar-refractivity contribution in [3.05, 3.63) is 0 Å². The zero-order valence-corrected chi connectivity index (χ0v) is 13.9. The lowest BCUT2D eigenvalue weighted by Gasteiger charge is -2.40. The molecule has 1 amide bonds. The number of morpholine rings is 1. The third kappa shape index (κ3) is 4.00. The molecular weight excluding hydrogens is 278 g/mol. The first-order chi connectivity index (χ1) is 10.7. The molecule has 0 aromatic carbocycles. The van der Waals surface area contributed by atoms with Crippen molar-refractivity contribution < 1.29 is 9.53 Å². The molecule has 0 aliphatic carbocycles. The van der Waals surface area contributed by atoms with Crippen LogP contribution in [0.4, 0.5) is 0 Å². The zero-order valence-electron chi connectivity index (χ0n) is 13.9. The van der Waals surface area contributed by atoms with E-state index in [-0.39, 0.29) is 11.9 Å². The number of hydrogen-bond acceptors (Lipinski definition) is 4. The van der Waals surface area contributed by atoms with Crippen LogP contribution in [0.1, 0.15) is 39.0 Å². The number of amides is 1. The number of ether oxygens (including phenoxy) is 1. The Morgan fingerprint density at radius 1 is 1.23 bits per heavy atom. The topological polar surface area (TPSA) is 44.8 Å². The fourth-order valence-electron chi connectivity index (χ4n) is 4.12. The first kappa shape index (κ1) is 16.2. The summed E-state index contributed by atoms with van der Waals surface area (Å²) in [7, 11) is 0. The van der Waals surface area contributed by atoms with E-state index in [0.717, 1.165) is 32.7 Å². The van der Waals surface area contributed by atoms with Crippen LogP contribution in [0.5, 0.6) is 0 Å². The number of carbonyl (C=O) groups is 1. The number of nitrogens with one attached hydrogen (secondary N) is 1. The van der Waals surface area contributed by atoms with Crippen LogP contribution in [0.2, 0.25) is 0 Å². The maximum absolute atomic E-state index is 12.6. The van der Waals surface area contributed by atoms with E-state index in [1.54, 1.807) is 0 Å². The van der Waals surface area contributed by atoms with Crippen molar-refractivity contribution in [2.75, 3.05) is 45.9 Å².